The Morgan fingerprint density at radius 1 is 1.20 bits per heavy atom. The fraction of sp³-hybridized carbons (Fsp3) is 0.207. The fourth-order valence-electron chi connectivity index (χ4n) is 4.76. The van der Waals surface area contributed by atoms with Gasteiger partial charge in [0.2, 0.25) is 5.82 Å². The van der Waals surface area contributed by atoms with Gasteiger partial charge < -0.3 is 9.32 Å². The van der Waals surface area contributed by atoms with Gasteiger partial charge in [-0.2, -0.15) is 4.39 Å². The van der Waals surface area contributed by atoms with Gasteiger partial charge in [-0.25, -0.2) is 4.99 Å². The lowest BCUT2D eigenvalue weighted by Gasteiger charge is -2.29. The van der Waals surface area contributed by atoms with Gasteiger partial charge in [0.05, 0.1) is 26.8 Å². The summed E-state index contributed by atoms with van der Waals surface area (Å²) in [5, 5.41) is 11.7. The quantitative estimate of drug-likeness (QED) is 0.219. The fourth-order valence-corrected chi connectivity index (χ4v) is 5.91. The zero-order valence-corrected chi connectivity index (χ0v) is 23.8. The molecule has 1 amide bonds. The number of fused-ring (bicyclic) bond motifs is 1. The number of nitrogens with zero attached hydrogens (tertiary/aromatic N) is 4. The molecule has 1 aliphatic heterocycles. The van der Waals surface area contributed by atoms with E-state index in [-0.39, 0.29) is 17.2 Å². The van der Waals surface area contributed by atoms with Crippen molar-refractivity contribution in [1.82, 2.24) is 9.47 Å². The predicted molar refractivity (Wildman–Crippen MR) is 154 cm³/mol. The summed E-state index contributed by atoms with van der Waals surface area (Å²) in [6.07, 6.45) is 1.55. The number of hydrogen-bond acceptors (Lipinski definition) is 7. The van der Waals surface area contributed by atoms with Crippen LogP contribution in [0.2, 0.25) is 5.02 Å². The molecule has 1 aliphatic rings. The van der Waals surface area contributed by atoms with Crippen molar-refractivity contribution in [2.45, 2.75) is 26.8 Å². The highest BCUT2D eigenvalue weighted by molar-refractivity contribution is 7.07. The summed E-state index contributed by atoms with van der Waals surface area (Å²) in [5.41, 5.74) is 0.936. The number of rotatable bonds is 7. The maximum atomic E-state index is 13.8. The molecule has 4 aromatic rings. The number of carbonyl (C=O) groups is 1. The summed E-state index contributed by atoms with van der Waals surface area (Å²) >= 11 is 7.29. The van der Waals surface area contributed by atoms with Gasteiger partial charge >= 0.3 is 5.69 Å². The normalized spacial score (nSPS) is 15.0. The van der Waals surface area contributed by atoms with Crippen LogP contribution in [-0.4, -0.2) is 33.4 Å². The highest BCUT2D eigenvalue weighted by Crippen LogP contribution is 2.32. The summed E-state index contributed by atoms with van der Waals surface area (Å²) in [6.45, 7) is 6.55. The van der Waals surface area contributed by atoms with E-state index in [0.29, 0.717) is 55.6 Å². The molecule has 0 radical (unpaired) electrons. The Morgan fingerprint density at radius 3 is 2.56 bits per heavy atom. The molecule has 9 nitrogen and oxygen atoms in total. The Morgan fingerprint density at radius 2 is 1.90 bits per heavy atom. The lowest BCUT2D eigenvalue weighted by atomic mass is 9.94. The third-order valence-electron chi connectivity index (χ3n) is 6.82. The molecule has 0 unspecified atom stereocenters. The molecule has 0 N–H and O–H groups in total. The second-order valence-electron chi connectivity index (χ2n) is 9.24. The largest absolute Gasteiger partial charge is 0.457 e. The van der Waals surface area contributed by atoms with Crippen molar-refractivity contribution in [3.8, 4) is 11.3 Å². The van der Waals surface area contributed by atoms with E-state index in [1.165, 1.54) is 10.6 Å². The lowest BCUT2D eigenvalue weighted by molar-refractivity contribution is -0.387. The van der Waals surface area contributed by atoms with Gasteiger partial charge in [-0.3, -0.25) is 24.3 Å². The molecule has 0 saturated heterocycles. The number of hydrogen-bond donors (Lipinski definition) is 0. The molecule has 2 aromatic carbocycles. The molecule has 210 valence electrons. The number of aromatic nitrogens is 1. The molecule has 0 aliphatic carbocycles. The summed E-state index contributed by atoms with van der Waals surface area (Å²) in [6, 6.07) is 13.0. The van der Waals surface area contributed by atoms with Crippen molar-refractivity contribution < 1.29 is 18.5 Å². The third-order valence-corrected chi connectivity index (χ3v) is 8.05. The first-order valence-electron chi connectivity index (χ1n) is 12.7. The van der Waals surface area contributed by atoms with Crippen molar-refractivity contribution in [2.24, 2.45) is 4.99 Å². The molecule has 1 atom stereocenters. The van der Waals surface area contributed by atoms with Crippen LogP contribution in [-0.2, 0) is 4.79 Å². The Bertz CT molecular complexity index is 1890. The zero-order valence-electron chi connectivity index (χ0n) is 22.3. The van der Waals surface area contributed by atoms with Gasteiger partial charge in [0, 0.05) is 35.8 Å². The van der Waals surface area contributed by atoms with Crippen LogP contribution in [0.15, 0.2) is 80.1 Å². The van der Waals surface area contributed by atoms with Crippen molar-refractivity contribution in [3.05, 3.63) is 118 Å². The second kappa shape index (κ2) is 11.3. The van der Waals surface area contributed by atoms with E-state index < -0.39 is 22.5 Å². The number of likely N-dealkylation sites (N-methyl/N-ethyl adjacent to an activating group) is 1. The highest BCUT2D eigenvalue weighted by atomic mass is 35.5. The Hall–Kier alpha value is -4.35. The van der Waals surface area contributed by atoms with E-state index >= 15 is 0 Å². The third kappa shape index (κ3) is 5.25. The van der Waals surface area contributed by atoms with Crippen LogP contribution in [0.25, 0.3) is 17.4 Å². The minimum Gasteiger partial charge on any atom is -0.457 e. The average Bonchev–Trinajstić information content (AvgIpc) is 3.53. The molecule has 3 heterocycles. The Kier molecular flexibility index (Phi) is 7.74. The Labute approximate surface area is 242 Å². The van der Waals surface area contributed by atoms with Crippen LogP contribution in [0, 0.1) is 15.9 Å². The van der Waals surface area contributed by atoms with E-state index in [1.807, 2.05) is 13.8 Å². The number of amides is 1. The number of benzene rings is 2. The van der Waals surface area contributed by atoms with Crippen LogP contribution < -0.4 is 14.9 Å². The maximum absolute atomic E-state index is 13.8. The van der Waals surface area contributed by atoms with E-state index in [2.05, 4.69) is 4.99 Å². The summed E-state index contributed by atoms with van der Waals surface area (Å²) in [7, 11) is 0. The number of halogens is 2. The molecule has 12 heteroatoms. The van der Waals surface area contributed by atoms with E-state index in [4.69, 9.17) is 16.0 Å². The second-order valence-corrected chi connectivity index (χ2v) is 10.7. The van der Waals surface area contributed by atoms with Crippen LogP contribution in [0.5, 0.6) is 0 Å². The summed E-state index contributed by atoms with van der Waals surface area (Å²) in [4.78, 5) is 44.6. The molecule has 0 spiro atoms. The topological polar surface area (TPSA) is 111 Å². The SMILES string of the molecule is CCN(CC)C(=O)C1=C(C)N=c2s/c(=C/c3ccc(-c4ccc(F)c([N+](=O)[O-])c4)o3)c(=O)n2[C@@H]1c1ccc(Cl)cc1. The number of allylic oxidation sites excluding steroid dienone is 1. The standard InChI is InChI=1S/C29H24ClFN4O5S/c1-4-33(5-2)28(37)25-16(3)32-29-34(26(25)17-6-9-19(30)10-7-17)27(36)24(41-29)15-20-11-13-23(40-20)18-8-12-21(31)22(14-18)35(38)39/h6-15,26H,4-5H2,1-3H3/b24-15+/t26-/m1/s1. The van der Waals surface area contributed by atoms with Crippen molar-refractivity contribution in [1.29, 1.82) is 0 Å². The first-order chi connectivity index (χ1) is 19.6. The minimum atomic E-state index is -0.948. The van der Waals surface area contributed by atoms with Gasteiger partial charge in [-0.05, 0) is 62.7 Å². The number of thiazole rings is 1. The number of nitro benzene ring substituents is 1. The van der Waals surface area contributed by atoms with Crippen molar-refractivity contribution >= 4 is 40.6 Å². The van der Waals surface area contributed by atoms with Crippen LogP contribution in [0.3, 0.4) is 0 Å². The summed E-state index contributed by atoms with van der Waals surface area (Å²) < 4.78 is 21.5. The number of carbonyl (C=O) groups excluding carboxylic acids is 1. The maximum Gasteiger partial charge on any atom is 0.305 e. The first kappa shape index (κ1) is 28.2. The van der Waals surface area contributed by atoms with Crippen molar-refractivity contribution in [2.75, 3.05) is 13.1 Å². The molecule has 0 bridgehead atoms. The smallest absolute Gasteiger partial charge is 0.305 e. The molecule has 0 saturated carbocycles. The van der Waals surface area contributed by atoms with E-state index in [9.17, 15) is 24.1 Å². The van der Waals surface area contributed by atoms with E-state index in [1.54, 1.807) is 54.3 Å². The molecular formula is C29H24ClFN4O5S. The number of nitro groups is 1. The zero-order chi connectivity index (χ0) is 29.4. The van der Waals surface area contributed by atoms with Gasteiger partial charge in [0.25, 0.3) is 11.5 Å². The molecular weight excluding hydrogens is 571 g/mol. The van der Waals surface area contributed by atoms with Gasteiger partial charge in [0.15, 0.2) is 4.80 Å². The van der Waals surface area contributed by atoms with Crippen molar-refractivity contribution in [3.63, 3.8) is 0 Å². The predicted octanol–water partition coefficient (Wildman–Crippen LogP) is 5.06. The molecule has 5 rings (SSSR count). The van der Waals surface area contributed by atoms with Gasteiger partial charge in [-0.15, -0.1) is 0 Å². The summed E-state index contributed by atoms with van der Waals surface area (Å²) in [5.74, 6) is -0.560. The Balaban J connectivity index is 1.62. The van der Waals surface area contributed by atoms with Gasteiger partial charge in [0.1, 0.15) is 11.5 Å². The number of furan rings is 1. The van der Waals surface area contributed by atoms with E-state index in [0.717, 1.165) is 23.5 Å². The van der Waals surface area contributed by atoms with Crippen LogP contribution >= 0.6 is 22.9 Å². The minimum absolute atomic E-state index is 0.199. The van der Waals surface area contributed by atoms with Gasteiger partial charge in [-0.1, -0.05) is 35.1 Å². The lowest BCUT2D eigenvalue weighted by Crippen LogP contribution is -2.43. The molecule has 0 fully saturated rings. The van der Waals surface area contributed by atoms with Crippen LogP contribution in [0.1, 0.15) is 38.1 Å². The monoisotopic (exact) mass is 594 g/mol. The highest BCUT2D eigenvalue weighted by Gasteiger charge is 2.34. The molecule has 41 heavy (non-hydrogen) atoms. The molecule has 2 aromatic heterocycles. The first-order valence-corrected chi connectivity index (χ1v) is 13.9. The average molecular weight is 595 g/mol. The van der Waals surface area contributed by atoms with Crippen LogP contribution in [0.4, 0.5) is 10.1 Å².